The van der Waals surface area contributed by atoms with Crippen molar-refractivity contribution >= 4 is 53.4 Å². The first-order chi connectivity index (χ1) is 26.0. The average molecular weight is 592 g/mol. The molecular weight excluding hydrogens is 559 g/mol. The number of para-hydroxylation sites is 1. The molecule has 0 fully saturated rings. The predicted molar refractivity (Wildman–Crippen MR) is 182 cm³/mol. The molecule has 5 heteroatoms. The van der Waals surface area contributed by atoms with Crippen molar-refractivity contribution in [2.75, 3.05) is 0 Å². The fourth-order valence-corrected chi connectivity index (χ4v) is 6.88. The van der Waals surface area contributed by atoms with E-state index in [1.165, 1.54) is 4.70 Å². The Bertz CT molecular complexity index is 2940. The lowest BCUT2D eigenvalue weighted by atomic mass is 9.99. The summed E-state index contributed by atoms with van der Waals surface area (Å²) >= 11 is 1.70. The van der Waals surface area contributed by atoms with Crippen LogP contribution in [0.3, 0.4) is 0 Å². The number of furan rings is 1. The maximum absolute atomic E-state index is 8.67. The molecule has 206 valence electrons. The molecule has 0 spiro atoms. The van der Waals surface area contributed by atoms with E-state index in [9.17, 15) is 0 Å². The second-order valence-corrected chi connectivity index (χ2v) is 11.1. The number of hydrogen-bond donors (Lipinski definition) is 0. The number of thiophene rings is 1. The zero-order valence-corrected chi connectivity index (χ0v) is 23.5. The van der Waals surface area contributed by atoms with Gasteiger partial charge >= 0.3 is 0 Å². The minimum atomic E-state index is -0.610. The van der Waals surface area contributed by atoms with Crippen molar-refractivity contribution in [1.82, 2.24) is 15.0 Å². The van der Waals surface area contributed by atoms with Crippen molar-refractivity contribution < 1.29 is 18.1 Å². The summed E-state index contributed by atoms with van der Waals surface area (Å²) in [6, 6.07) is 19.6. The largest absolute Gasteiger partial charge is 0.455 e. The fourth-order valence-electron chi connectivity index (χ4n) is 5.65. The standard InChI is InChI=1S/C39H23N3OS/c1-3-12-24(13-4-1)37-40-38(25-14-5-2-6-15-25)42-39(41-37)31-21-11-22-32-34(31)30-20-9-17-27(35(30)43-32)29-19-10-18-28-26-16-7-8-23-33(26)44-36(28)29/h1-23H/i1D,2D,3D,4D,5D,6D,12D,13D,14D,15D. The van der Waals surface area contributed by atoms with Crippen LogP contribution in [0.4, 0.5) is 0 Å². The molecule has 9 rings (SSSR count). The Morgan fingerprint density at radius 2 is 1.11 bits per heavy atom. The highest BCUT2D eigenvalue weighted by Gasteiger charge is 2.20. The van der Waals surface area contributed by atoms with Gasteiger partial charge in [0, 0.05) is 58.8 Å². The van der Waals surface area contributed by atoms with Gasteiger partial charge in [0.05, 0.1) is 13.7 Å². The third-order valence-corrected chi connectivity index (χ3v) is 8.76. The van der Waals surface area contributed by atoms with Gasteiger partial charge in [0.1, 0.15) is 11.2 Å². The number of benzene rings is 6. The lowest BCUT2D eigenvalue weighted by Crippen LogP contribution is -2.00. The number of aromatic nitrogens is 3. The SMILES string of the molecule is [2H]c1c([2H])c([2H])c(-c2nc(-c3c([2H])c([2H])c([2H])c([2H])c3[2H])nc(-c3cccc4oc5c(-c6cccc7c6sc6ccccc67)cccc5c34)n2)c([2H])c1[2H]. The Hall–Kier alpha value is -5.65. The molecule has 0 saturated heterocycles. The van der Waals surface area contributed by atoms with Gasteiger partial charge in [0.25, 0.3) is 0 Å². The molecule has 0 saturated carbocycles. The lowest BCUT2D eigenvalue weighted by Gasteiger charge is -2.09. The van der Waals surface area contributed by atoms with Crippen LogP contribution in [0.15, 0.2) is 144 Å². The maximum atomic E-state index is 8.67. The molecule has 3 aromatic heterocycles. The number of hydrogen-bond acceptors (Lipinski definition) is 5. The molecule has 0 N–H and O–H groups in total. The zero-order valence-electron chi connectivity index (χ0n) is 32.7. The Morgan fingerprint density at radius 1 is 0.523 bits per heavy atom. The van der Waals surface area contributed by atoms with Crippen LogP contribution in [0.5, 0.6) is 0 Å². The van der Waals surface area contributed by atoms with Crippen molar-refractivity contribution in [3.8, 4) is 45.3 Å². The van der Waals surface area contributed by atoms with Crippen molar-refractivity contribution in [3.63, 3.8) is 0 Å². The molecule has 3 heterocycles. The molecule has 0 aliphatic carbocycles. The summed E-state index contributed by atoms with van der Waals surface area (Å²) in [5.41, 5.74) is 2.72. The van der Waals surface area contributed by atoms with Gasteiger partial charge in [-0.1, -0.05) is 127 Å². The van der Waals surface area contributed by atoms with Gasteiger partial charge in [-0.25, -0.2) is 15.0 Å². The Morgan fingerprint density at radius 3 is 1.86 bits per heavy atom. The van der Waals surface area contributed by atoms with Gasteiger partial charge in [-0.15, -0.1) is 11.3 Å². The highest BCUT2D eigenvalue weighted by atomic mass is 32.1. The average Bonchev–Trinajstić information content (AvgIpc) is 3.77. The van der Waals surface area contributed by atoms with E-state index in [0.717, 1.165) is 32.0 Å². The van der Waals surface area contributed by atoms with E-state index in [1.54, 1.807) is 29.5 Å². The predicted octanol–water partition coefficient (Wildman–Crippen LogP) is 10.8. The van der Waals surface area contributed by atoms with Crippen LogP contribution in [-0.4, -0.2) is 15.0 Å². The minimum Gasteiger partial charge on any atom is -0.455 e. The summed E-state index contributed by atoms with van der Waals surface area (Å²) < 4.78 is 93.0. The molecule has 4 nitrogen and oxygen atoms in total. The van der Waals surface area contributed by atoms with Crippen molar-refractivity contribution in [2.24, 2.45) is 0 Å². The van der Waals surface area contributed by atoms with E-state index >= 15 is 0 Å². The summed E-state index contributed by atoms with van der Waals surface area (Å²) in [6.07, 6.45) is 0. The summed E-state index contributed by atoms with van der Waals surface area (Å²) in [6.45, 7) is 0. The van der Waals surface area contributed by atoms with Gasteiger partial charge in [-0.05, 0) is 12.1 Å². The molecule has 6 aromatic carbocycles. The number of rotatable bonds is 4. The minimum absolute atomic E-state index is 0.0288. The second kappa shape index (κ2) is 9.97. The summed E-state index contributed by atoms with van der Waals surface area (Å²) in [5.74, 6) is -0.694. The second-order valence-electron chi connectivity index (χ2n) is 10.0. The van der Waals surface area contributed by atoms with Gasteiger partial charge in [0.15, 0.2) is 17.5 Å². The van der Waals surface area contributed by atoms with Crippen LogP contribution < -0.4 is 0 Å². The smallest absolute Gasteiger partial charge is 0.164 e. The number of fused-ring (bicyclic) bond motifs is 6. The van der Waals surface area contributed by atoms with E-state index in [2.05, 4.69) is 39.2 Å². The normalized spacial score (nSPS) is 14.8. The van der Waals surface area contributed by atoms with Gasteiger partial charge in [-0.2, -0.15) is 0 Å². The first-order valence-electron chi connectivity index (χ1n) is 18.7. The van der Waals surface area contributed by atoms with Gasteiger partial charge in [-0.3, -0.25) is 0 Å². The van der Waals surface area contributed by atoms with Gasteiger partial charge in [0.2, 0.25) is 0 Å². The molecule has 0 aliphatic rings. The highest BCUT2D eigenvalue weighted by Crippen LogP contribution is 2.44. The highest BCUT2D eigenvalue weighted by molar-refractivity contribution is 7.26. The maximum Gasteiger partial charge on any atom is 0.164 e. The van der Waals surface area contributed by atoms with Crippen LogP contribution in [0.1, 0.15) is 13.7 Å². The van der Waals surface area contributed by atoms with Crippen LogP contribution in [0, 0.1) is 0 Å². The van der Waals surface area contributed by atoms with Crippen LogP contribution in [-0.2, 0) is 0 Å². The molecule has 0 atom stereocenters. The monoisotopic (exact) mass is 591 g/mol. The first-order valence-corrected chi connectivity index (χ1v) is 14.5. The van der Waals surface area contributed by atoms with E-state index in [0.29, 0.717) is 22.1 Å². The fraction of sp³-hybridized carbons (Fsp3) is 0. The first kappa shape index (κ1) is 16.8. The van der Waals surface area contributed by atoms with Crippen molar-refractivity contribution in [3.05, 3.63) is 139 Å². The third-order valence-electron chi connectivity index (χ3n) is 7.54. The van der Waals surface area contributed by atoms with E-state index < -0.39 is 60.4 Å². The number of nitrogens with zero attached hydrogens (tertiary/aromatic N) is 3. The van der Waals surface area contributed by atoms with Crippen LogP contribution in [0.2, 0.25) is 0 Å². The zero-order chi connectivity index (χ0) is 37.7. The van der Waals surface area contributed by atoms with Crippen molar-refractivity contribution in [2.45, 2.75) is 0 Å². The van der Waals surface area contributed by atoms with E-state index in [-0.39, 0.29) is 28.6 Å². The molecule has 0 bridgehead atoms. The van der Waals surface area contributed by atoms with E-state index in [4.69, 9.17) is 18.1 Å². The lowest BCUT2D eigenvalue weighted by molar-refractivity contribution is 0.670. The summed E-state index contributed by atoms with van der Waals surface area (Å²) in [7, 11) is 0. The van der Waals surface area contributed by atoms with Crippen LogP contribution >= 0.6 is 11.3 Å². The molecule has 44 heavy (non-hydrogen) atoms. The van der Waals surface area contributed by atoms with Crippen molar-refractivity contribution in [1.29, 1.82) is 0 Å². The molecular formula is C39H23N3OS. The Balaban J connectivity index is 1.34. The molecule has 9 aromatic rings. The third kappa shape index (κ3) is 3.94. The molecule has 0 aliphatic heterocycles. The van der Waals surface area contributed by atoms with Crippen LogP contribution in [0.25, 0.3) is 87.4 Å². The Labute approximate surface area is 271 Å². The molecule has 0 amide bonds. The van der Waals surface area contributed by atoms with E-state index in [1.807, 2.05) is 36.4 Å². The Kier molecular flexibility index (Phi) is 3.82. The summed E-state index contributed by atoms with van der Waals surface area (Å²) in [4.78, 5) is 13.7. The van der Waals surface area contributed by atoms with Gasteiger partial charge < -0.3 is 4.42 Å². The summed E-state index contributed by atoms with van der Waals surface area (Å²) in [5, 5.41) is 3.64. The molecule has 0 unspecified atom stereocenters. The quantitative estimate of drug-likeness (QED) is 0.204. The topological polar surface area (TPSA) is 51.8 Å². The molecule has 0 radical (unpaired) electrons.